The fraction of sp³-hybridized carbons (Fsp3) is 0.278. The smallest absolute Gasteiger partial charge is 0.251 e. The molecule has 0 spiro atoms. The Morgan fingerprint density at radius 3 is 2.21 bits per heavy atom. The average molecular weight is 346 g/mol. The maximum Gasteiger partial charge on any atom is 0.251 e. The lowest BCUT2D eigenvalue weighted by atomic mass is 10.1. The summed E-state index contributed by atoms with van der Waals surface area (Å²) in [5.41, 5.74) is 1.64. The van der Waals surface area contributed by atoms with Gasteiger partial charge in [0.25, 0.3) is 5.91 Å². The predicted molar refractivity (Wildman–Crippen MR) is 94.7 cm³/mol. The third kappa shape index (κ3) is 5.18. The molecule has 0 saturated heterocycles. The van der Waals surface area contributed by atoms with Gasteiger partial charge in [-0.2, -0.15) is 0 Å². The van der Waals surface area contributed by atoms with Gasteiger partial charge in [-0.05, 0) is 43.9 Å². The number of sulfone groups is 1. The van der Waals surface area contributed by atoms with Gasteiger partial charge in [0.1, 0.15) is 0 Å². The molecule has 0 saturated carbocycles. The Morgan fingerprint density at radius 2 is 1.62 bits per heavy atom. The van der Waals surface area contributed by atoms with E-state index in [9.17, 15) is 13.2 Å². The summed E-state index contributed by atoms with van der Waals surface area (Å²) < 4.78 is 24.3. The van der Waals surface area contributed by atoms with E-state index in [1.54, 1.807) is 42.5 Å². The molecule has 0 aliphatic rings. The normalized spacial score (nSPS) is 11.5. The summed E-state index contributed by atoms with van der Waals surface area (Å²) in [6.45, 7) is 0.882. The monoisotopic (exact) mass is 346 g/mol. The summed E-state index contributed by atoms with van der Waals surface area (Å²) in [4.78, 5) is 14.4. The second-order valence-electron chi connectivity index (χ2n) is 5.82. The zero-order valence-electron chi connectivity index (χ0n) is 13.9. The highest BCUT2D eigenvalue weighted by atomic mass is 32.2. The average Bonchev–Trinajstić information content (AvgIpc) is 2.55. The minimum atomic E-state index is -3.38. The molecule has 24 heavy (non-hydrogen) atoms. The van der Waals surface area contributed by atoms with Crippen molar-refractivity contribution in [3.63, 3.8) is 0 Å². The first kappa shape index (κ1) is 18.2. The molecule has 0 aromatic heterocycles. The van der Waals surface area contributed by atoms with Crippen LogP contribution in [0.1, 0.15) is 15.9 Å². The number of carbonyl (C=O) groups is 1. The van der Waals surface area contributed by atoms with Gasteiger partial charge in [-0.1, -0.05) is 30.3 Å². The Morgan fingerprint density at radius 1 is 1.00 bits per heavy atom. The van der Waals surface area contributed by atoms with Crippen molar-refractivity contribution in [2.75, 3.05) is 26.4 Å². The third-order valence-corrected chi connectivity index (χ3v) is 5.21. The first-order chi connectivity index (χ1) is 11.4. The SMILES string of the molecule is CN(C)Cc1ccc(C(=O)NCCS(=O)(=O)c2ccccc2)cc1. The molecule has 2 aromatic carbocycles. The molecule has 0 fully saturated rings. The molecule has 1 N–H and O–H groups in total. The van der Waals surface area contributed by atoms with Gasteiger partial charge in [-0.3, -0.25) is 4.79 Å². The van der Waals surface area contributed by atoms with Gasteiger partial charge in [0.2, 0.25) is 0 Å². The van der Waals surface area contributed by atoms with Gasteiger partial charge in [-0.25, -0.2) is 8.42 Å². The predicted octanol–water partition coefficient (Wildman–Crippen LogP) is 1.95. The topological polar surface area (TPSA) is 66.5 Å². The molecule has 6 heteroatoms. The Labute approximate surface area is 143 Å². The summed E-state index contributed by atoms with van der Waals surface area (Å²) in [6.07, 6.45) is 0. The van der Waals surface area contributed by atoms with Crippen LogP contribution in [0, 0.1) is 0 Å². The lowest BCUT2D eigenvalue weighted by molar-refractivity contribution is 0.0956. The molecule has 0 aliphatic carbocycles. The Bertz CT molecular complexity index is 770. The van der Waals surface area contributed by atoms with Gasteiger partial charge in [0.05, 0.1) is 10.6 Å². The summed E-state index contributed by atoms with van der Waals surface area (Å²) in [5, 5.41) is 2.66. The zero-order valence-corrected chi connectivity index (χ0v) is 14.7. The molecular formula is C18H22N2O3S. The van der Waals surface area contributed by atoms with Crippen molar-refractivity contribution in [3.8, 4) is 0 Å². The van der Waals surface area contributed by atoms with Crippen molar-refractivity contribution in [2.24, 2.45) is 0 Å². The second-order valence-corrected chi connectivity index (χ2v) is 7.93. The molecule has 0 radical (unpaired) electrons. The van der Waals surface area contributed by atoms with E-state index < -0.39 is 9.84 Å². The Balaban J connectivity index is 1.89. The number of hydrogen-bond donors (Lipinski definition) is 1. The number of amides is 1. The van der Waals surface area contributed by atoms with Crippen molar-refractivity contribution < 1.29 is 13.2 Å². The van der Waals surface area contributed by atoms with Crippen LogP contribution in [0.25, 0.3) is 0 Å². The molecule has 0 heterocycles. The first-order valence-corrected chi connectivity index (χ1v) is 9.33. The van der Waals surface area contributed by atoms with Crippen LogP contribution in [-0.4, -0.2) is 45.6 Å². The van der Waals surface area contributed by atoms with E-state index in [1.165, 1.54) is 0 Å². The Hall–Kier alpha value is -2.18. The van der Waals surface area contributed by atoms with E-state index in [4.69, 9.17) is 0 Å². The van der Waals surface area contributed by atoms with E-state index in [-0.39, 0.29) is 23.1 Å². The highest BCUT2D eigenvalue weighted by Crippen LogP contribution is 2.10. The minimum absolute atomic E-state index is 0.0789. The molecule has 0 bridgehead atoms. The second kappa shape index (κ2) is 8.08. The van der Waals surface area contributed by atoms with Crippen molar-refractivity contribution in [1.29, 1.82) is 0 Å². The molecule has 0 aliphatic heterocycles. The molecule has 128 valence electrons. The maximum atomic E-state index is 12.1. The fourth-order valence-corrected chi connectivity index (χ4v) is 3.45. The Kier molecular flexibility index (Phi) is 6.11. The quantitative estimate of drug-likeness (QED) is 0.832. The van der Waals surface area contributed by atoms with Gasteiger partial charge < -0.3 is 10.2 Å². The van der Waals surface area contributed by atoms with Crippen LogP contribution in [-0.2, 0) is 16.4 Å². The van der Waals surface area contributed by atoms with Crippen molar-refractivity contribution in [3.05, 3.63) is 65.7 Å². The molecule has 2 aromatic rings. The van der Waals surface area contributed by atoms with Crippen LogP contribution in [0.5, 0.6) is 0 Å². The number of nitrogens with zero attached hydrogens (tertiary/aromatic N) is 1. The van der Waals surface area contributed by atoms with Crippen LogP contribution >= 0.6 is 0 Å². The molecule has 0 atom stereocenters. The number of carbonyl (C=O) groups excluding carboxylic acids is 1. The van der Waals surface area contributed by atoms with E-state index >= 15 is 0 Å². The van der Waals surface area contributed by atoms with Gasteiger partial charge in [0, 0.05) is 18.7 Å². The van der Waals surface area contributed by atoms with Gasteiger partial charge >= 0.3 is 0 Å². The molecular weight excluding hydrogens is 324 g/mol. The standard InChI is InChI=1S/C18H22N2O3S/c1-20(2)14-15-8-10-16(11-9-15)18(21)19-12-13-24(22,23)17-6-4-3-5-7-17/h3-11H,12-14H2,1-2H3,(H,19,21). The summed E-state index contributed by atoms with van der Waals surface area (Å²) in [7, 11) is 0.581. The van der Waals surface area contributed by atoms with Crippen LogP contribution in [0.4, 0.5) is 0 Å². The summed E-state index contributed by atoms with van der Waals surface area (Å²) in [6, 6.07) is 15.5. The molecule has 1 amide bonds. The maximum absolute atomic E-state index is 12.1. The number of benzene rings is 2. The van der Waals surface area contributed by atoms with E-state index in [2.05, 4.69) is 5.32 Å². The number of nitrogens with one attached hydrogen (secondary N) is 1. The molecule has 0 unspecified atom stereocenters. The summed E-state index contributed by atoms with van der Waals surface area (Å²) in [5.74, 6) is -0.392. The third-order valence-electron chi connectivity index (χ3n) is 3.47. The van der Waals surface area contributed by atoms with Crippen molar-refractivity contribution in [2.45, 2.75) is 11.4 Å². The van der Waals surface area contributed by atoms with Gasteiger partial charge in [-0.15, -0.1) is 0 Å². The van der Waals surface area contributed by atoms with Crippen molar-refractivity contribution >= 4 is 15.7 Å². The lowest BCUT2D eigenvalue weighted by Gasteiger charge is -2.10. The zero-order chi connectivity index (χ0) is 17.6. The van der Waals surface area contributed by atoms with Gasteiger partial charge in [0.15, 0.2) is 9.84 Å². The van der Waals surface area contributed by atoms with Crippen molar-refractivity contribution in [1.82, 2.24) is 10.2 Å². The first-order valence-electron chi connectivity index (χ1n) is 7.68. The highest BCUT2D eigenvalue weighted by Gasteiger charge is 2.14. The minimum Gasteiger partial charge on any atom is -0.351 e. The van der Waals surface area contributed by atoms with Crippen LogP contribution in [0.2, 0.25) is 0 Å². The summed E-state index contributed by atoms with van der Waals surface area (Å²) >= 11 is 0. The van der Waals surface area contributed by atoms with E-state index in [0.717, 1.165) is 12.1 Å². The highest BCUT2D eigenvalue weighted by molar-refractivity contribution is 7.91. The number of rotatable bonds is 7. The lowest BCUT2D eigenvalue weighted by Crippen LogP contribution is -2.29. The fourth-order valence-electron chi connectivity index (χ4n) is 2.27. The molecule has 5 nitrogen and oxygen atoms in total. The van der Waals surface area contributed by atoms with Crippen LogP contribution in [0.3, 0.4) is 0 Å². The van der Waals surface area contributed by atoms with Crippen LogP contribution in [0.15, 0.2) is 59.5 Å². The van der Waals surface area contributed by atoms with Crippen LogP contribution < -0.4 is 5.32 Å². The van der Waals surface area contributed by atoms with E-state index in [0.29, 0.717) is 5.56 Å². The largest absolute Gasteiger partial charge is 0.351 e. The molecule has 2 rings (SSSR count). The number of hydrogen-bond acceptors (Lipinski definition) is 4. The van der Waals surface area contributed by atoms with E-state index in [1.807, 2.05) is 31.1 Å².